The third kappa shape index (κ3) is 5.91. The van der Waals surface area contributed by atoms with E-state index in [2.05, 4.69) is 156 Å². The maximum atomic E-state index is 4.92. The summed E-state index contributed by atoms with van der Waals surface area (Å²) in [6.07, 6.45) is 5.05. The Morgan fingerprint density at radius 1 is 0.667 bits per heavy atom. The van der Waals surface area contributed by atoms with Crippen LogP contribution in [-0.2, 0) is 18.5 Å². The topological polar surface area (TPSA) is 74.3 Å². The minimum Gasteiger partial charge on any atom is -0.322 e. The summed E-state index contributed by atoms with van der Waals surface area (Å²) in [5.41, 5.74) is 9.69. The number of hydrogen-bond donors (Lipinski definition) is 0. The van der Waals surface area contributed by atoms with E-state index in [0.29, 0.717) is 5.82 Å². The van der Waals surface area contributed by atoms with Crippen molar-refractivity contribution < 1.29 is 0 Å². The predicted molar refractivity (Wildman–Crippen MR) is 203 cm³/mol. The summed E-state index contributed by atoms with van der Waals surface area (Å²) in [4.78, 5) is 9.55. The van der Waals surface area contributed by atoms with Gasteiger partial charge in [0.1, 0.15) is 11.4 Å². The van der Waals surface area contributed by atoms with E-state index in [1.54, 1.807) is 0 Å². The van der Waals surface area contributed by atoms with E-state index in [1.165, 1.54) is 5.56 Å². The van der Waals surface area contributed by atoms with Crippen molar-refractivity contribution in [2.45, 2.75) is 45.2 Å². The van der Waals surface area contributed by atoms with Crippen LogP contribution < -0.4 is 0 Å². The van der Waals surface area contributed by atoms with Crippen LogP contribution in [0.1, 0.15) is 53.4 Å². The normalized spacial score (nSPS) is 11.6. The number of rotatable bonds is 11. The van der Waals surface area contributed by atoms with Crippen LogP contribution in [0, 0.1) is 6.92 Å². The van der Waals surface area contributed by atoms with Crippen molar-refractivity contribution in [2.24, 2.45) is 0 Å². The van der Waals surface area contributed by atoms with E-state index in [9.17, 15) is 0 Å². The molecule has 8 aromatic rings. The number of aromatic nitrogens is 7. The first-order valence-corrected chi connectivity index (χ1v) is 17.6. The number of hydrogen-bond acceptors (Lipinski definition) is 5. The lowest BCUT2D eigenvalue weighted by Crippen LogP contribution is -2.39. The molecule has 0 fully saturated rings. The number of unbranched alkanes of at least 4 members (excludes halogenated alkanes) is 1. The Morgan fingerprint density at radius 2 is 1.25 bits per heavy atom. The second-order valence-electron chi connectivity index (χ2n) is 13.0. The van der Waals surface area contributed by atoms with Gasteiger partial charge in [0, 0.05) is 24.7 Å². The average molecular weight is 666 g/mol. The molecule has 0 spiro atoms. The number of benzene rings is 5. The molecule has 0 saturated heterocycles. The molecular weight excluding hydrogens is 627 g/mol. The molecule has 51 heavy (non-hydrogen) atoms. The van der Waals surface area contributed by atoms with Crippen LogP contribution in [0.5, 0.6) is 0 Å². The van der Waals surface area contributed by atoms with Gasteiger partial charge in [-0.05, 0) is 68.8 Å². The highest BCUT2D eigenvalue weighted by molar-refractivity contribution is 5.81. The fraction of sp³-hybridized carbons (Fsp3) is 0.159. The zero-order valence-electron chi connectivity index (χ0n) is 28.9. The molecule has 3 aromatic heterocycles. The Labute approximate surface area is 298 Å². The molecule has 250 valence electrons. The molecule has 0 aliphatic carbocycles. The Morgan fingerprint density at radius 3 is 1.86 bits per heavy atom. The minimum absolute atomic E-state index is 0.680. The first-order chi connectivity index (χ1) is 25.2. The summed E-state index contributed by atoms with van der Waals surface area (Å²) < 4.78 is 4.33. The number of nitrogens with zero attached hydrogens (tertiary/aromatic N) is 7. The molecule has 0 N–H and O–H groups in total. The lowest BCUT2D eigenvalue weighted by molar-refractivity contribution is 0.451. The number of fused-ring (bicyclic) bond motifs is 1. The molecule has 0 aliphatic heterocycles. The molecule has 0 radical (unpaired) electrons. The second kappa shape index (κ2) is 14.0. The van der Waals surface area contributed by atoms with Gasteiger partial charge < -0.3 is 4.57 Å². The molecule has 0 amide bonds. The molecule has 0 bridgehead atoms. The lowest BCUT2D eigenvalue weighted by Gasteiger charge is -2.36. The molecule has 0 saturated carbocycles. The molecule has 8 rings (SSSR count). The van der Waals surface area contributed by atoms with E-state index < -0.39 is 5.54 Å². The zero-order chi connectivity index (χ0) is 34.6. The van der Waals surface area contributed by atoms with Crippen molar-refractivity contribution in [2.75, 3.05) is 0 Å². The van der Waals surface area contributed by atoms with Gasteiger partial charge in [-0.25, -0.2) is 14.6 Å². The van der Waals surface area contributed by atoms with E-state index in [4.69, 9.17) is 15.3 Å². The highest BCUT2D eigenvalue weighted by Gasteiger charge is 2.42. The number of pyridine rings is 1. The van der Waals surface area contributed by atoms with Gasteiger partial charge >= 0.3 is 0 Å². The quantitative estimate of drug-likeness (QED) is 0.129. The van der Waals surface area contributed by atoms with Crippen LogP contribution in [0.15, 0.2) is 152 Å². The van der Waals surface area contributed by atoms with Crippen molar-refractivity contribution in [3.63, 3.8) is 0 Å². The first-order valence-electron chi connectivity index (χ1n) is 17.6. The zero-order valence-corrected chi connectivity index (χ0v) is 28.9. The standard InChI is InChI=1S/C44H39N7/c1-3-4-24-41-46-42-40(29-32(2)30-45-42)50(41)31-33-25-27-34(28-26-33)38-22-14-15-23-39(38)43-47-48-49-51(43)44(35-16-8-5-9-17-35,36-18-10-6-11-19-36)37-20-12-7-13-21-37/h5-23,25-30H,3-4,24,31H2,1-2H3. The molecule has 7 nitrogen and oxygen atoms in total. The van der Waals surface area contributed by atoms with Gasteiger partial charge in [-0.1, -0.05) is 153 Å². The van der Waals surface area contributed by atoms with Crippen molar-refractivity contribution in [3.8, 4) is 22.5 Å². The molecule has 0 unspecified atom stereocenters. The number of tetrazole rings is 1. The average Bonchev–Trinajstić information content (AvgIpc) is 3.81. The Balaban J connectivity index is 1.23. The molecule has 0 atom stereocenters. The summed E-state index contributed by atoms with van der Waals surface area (Å²) in [5.74, 6) is 1.77. The first kappa shape index (κ1) is 32.0. The van der Waals surface area contributed by atoms with Crippen LogP contribution >= 0.6 is 0 Å². The summed E-state index contributed by atoms with van der Waals surface area (Å²) in [6.45, 7) is 5.03. The minimum atomic E-state index is -0.837. The van der Waals surface area contributed by atoms with Gasteiger partial charge in [-0.2, -0.15) is 0 Å². The monoisotopic (exact) mass is 665 g/mol. The van der Waals surface area contributed by atoms with Crippen molar-refractivity contribution in [1.82, 2.24) is 34.7 Å². The van der Waals surface area contributed by atoms with Gasteiger partial charge in [-0.15, -0.1) is 5.10 Å². The summed E-state index contributed by atoms with van der Waals surface area (Å²) in [7, 11) is 0. The molecule has 0 aliphatic rings. The van der Waals surface area contributed by atoms with Gasteiger partial charge in [0.05, 0.1) is 5.52 Å². The van der Waals surface area contributed by atoms with Crippen LogP contribution in [0.25, 0.3) is 33.7 Å². The summed E-state index contributed by atoms with van der Waals surface area (Å²) in [5, 5.41) is 13.9. The Hall–Kier alpha value is -6.21. The fourth-order valence-electron chi connectivity index (χ4n) is 7.24. The highest BCUT2D eigenvalue weighted by atomic mass is 15.6. The van der Waals surface area contributed by atoms with Crippen LogP contribution in [0.4, 0.5) is 0 Å². The van der Waals surface area contributed by atoms with Crippen LogP contribution in [0.2, 0.25) is 0 Å². The second-order valence-corrected chi connectivity index (χ2v) is 13.0. The van der Waals surface area contributed by atoms with Crippen LogP contribution in [-0.4, -0.2) is 34.7 Å². The van der Waals surface area contributed by atoms with Crippen molar-refractivity contribution >= 4 is 11.2 Å². The molecule has 5 aromatic carbocycles. The summed E-state index contributed by atoms with van der Waals surface area (Å²) >= 11 is 0. The third-order valence-electron chi connectivity index (χ3n) is 9.71. The predicted octanol–water partition coefficient (Wildman–Crippen LogP) is 9.29. The molecule has 3 heterocycles. The van der Waals surface area contributed by atoms with Gasteiger partial charge in [-0.3, -0.25) is 0 Å². The lowest BCUT2D eigenvalue weighted by atomic mass is 9.77. The fourth-order valence-corrected chi connectivity index (χ4v) is 7.24. The van der Waals surface area contributed by atoms with E-state index in [1.807, 2.05) is 29.1 Å². The number of imidazole rings is 1. The van der Waals surface area contributed by atoms with Gasteiger partial charge in [0.25, 0.3) is 0 Å². The number of aryl methyl sites for hydroxylation is 2. The maximum Gasteiger partial charge on any atom is 0.184 e. The molecular formula is C44H39N7. The Bertz CT molecular complexity index is 2280. The van der Waals surface area contributed by atoms with Crippen LogP contribution in [0.3, 0.4) is 0 Å². The third-order valence-corrected chi connectivity index (χ3v) is 9.71. The van der Waals surface area contributed by atoms with E-state index in [0.717, 1.165) is 81.7 Å². The van der Waals surface area contributed by atoms with E-state index in [-0.39, 0.29) is 0 Å². The van der Waals surface area contributed by atoms with Crippen molar-refractivity contribution in [3.05, 3.63) is 185 Å². The van der Waals surface area contributed by atoms with E-state index >= 15 is 0 Å². The summed E-state index contributed by atoms with van der Waals surface area (Å²) in [6, 6.07) is 51.0. The SMILES string of the molecule is CCCCc1nc2ncc(C)cc2n1Cc1ccc(-c2ccccc2-c2nnnn2C(c2ccccc2)(c2ccccc2)c2ccccc2)cc1. The largest absolute Gasteiger partial charge is 0.322 e. The van der Waals surface area contributed by atoms with Gasteiger partial charge in [0.2, 0.25) is 0 Å². The molecule has 7 heteroatoms. The van der Waals surface area contributed by atoms with Crippen molar-refractivity contribution in [1.29, 1.82) is 0 Å². The Kier molecular flexibility index (Phi) is 8.76. The van der Waals surface area contributed by atoms with Gasteiger partial charge in [0.15, 0.2) is 11.5 Å². The smallest absolute Gasteiger partial charge is 0.184 e. The maximum absolute atomic E-state index is 4.92. The highest BCUT2D eigenvalue weighted by Crippen LogP contribution is 2.43.